The third kappa shape index (κ3) is 3.41. The van der Waals surface area contributed by atoms with Gasteiger partial charge in [-0.25, -0.2) is 4.79 Å². The van der Waals surface area contributed by atoms with Gasteiger partial charge in [0.25, 0.3) is 0 Å². The summed E-state index contributed by atoms with van der Waals surface area (Å²) in [5.74, 6) is -0.309. The van der Waals surface area contributed by atoms with Crippen LogP contribution in [0.15, 0.2) is 48.5 Å². The van der Waals surface area contributed by atoms with E-state index in [1.165, 1.54) is 0 Å². The van der Waals surface area contributed by atoms with Crippen LogP contribution in [0.25, 0.3) is 0 Å². The maximum atomic E-state index is 12.8. The van der Waals surface area contributed by atoms with Crippen LogP contribution in [0.4, 0.5) is 0 Å². The molecule has 0 atom stereocenters. The molecule has 1 saturated heterocycles. The summed E-state index contributed by atoms with van der Waals surface area (Å²) in [4.78, 5) is 12.8. The van der Waals surface area contributed by atoms with E-state index in [2.05, 4.69) is 5.32 Å². The molecule has 23 heavy (non-hydrogen) atoms. The standard InChI is InChI=1S/C19H20ClNO2/c1-14-7-8-16(20)13-17(14)18(22)23-19(9-11-21-12-10-19)15-5-3-2-4-6-15/h2-8,13,21H,9-12H2,1H3. The molecule has 0 spiro atoms. The van der Waals surface area contributed by atoms with E-state index >= 15 is 0 Å². The van der Waals surface area contributed by atoms with Crippen molar-refractivity contribution >= 4 is 17.6 Å². The van der Waals surface area contributed by atoms with Crippen molar-refractivity contribution in [3.05, 3.63) is 70.2 Å². The van der Waals surface area contributed by atoms with Crippen LogP contribution in [-0.4, -0.2) is 19.1 Å². The number of aryl methyl sites for hydroxylation is 1. The van der Waals surface area contributed by atoms with Crippen molar-refractivity contribution in [3.8, 4) is 0 Å². The van der Waals surface area contributed by atoms with Crippen molar-refractivity contribution in [2.45, 2.75) is 25.4 Å². The Morgan fingerprint density at radius 3 is 2.52 bits per heavy atom. The Kier molecular flexibility index (Phi) is 4.69. The Balaban J connectivity index is 1.93. The Hall–Kier alpha value is -1.84. The van der Waals surface area contributed by atoms with Crippen LogP contribution in [-0.2, 0) is 10.3 Å². The van der Waals surface area contributed by atoms with E-state index in [1.54, 1.807) is 12.1 Å². The molecule has 1 aliphatic heterocycles. The van der Waals surface area contributed by atoms with Crippen LogP contribution in [0.3, 0.4) is 0 Å². The molecule has 0 bridgehead atoms. The van der Waals surface area contributed by atoms with Gasteiger partial charge in [-0.05, 0) is 43.3 Å². The minimum atomic E-state index is -0.571. The maximum Gasteiger partial charge on any atom is 0.339 e. The van der Waals surface area contributed by atoms with Gasteiger partial charge in [0.15, 0.2) is 0 Å². The van der Waals surface area contributed by atoms with Crippen LogP contribution >= 0.6 is 11.6 Å². The monoisotopic (exact) mass is 329 g/mol. The first-order valence-corrected chi connectivity index (χ1v) is 8.24. The predicted molar refractivity (Wildman–Crippen MR) is 91.8 cm³/mol. The first kappa shape index (κ1) is 16.0. The number of carbonyl (C=O) groups excluding carboxylic acids is 1. The zero-order chi connectivity index (χ0) is 16.3. The lowest BCUT2D eigenvalue weighted by Crippen LogP contribution is -2.43. The van der Waals surface area contributed by atoms with Gasteiger partial charge in [0.2, 0.25) is 0 Å². The van der Waals surface area contributed by atoms with Crippen LogP contribution in [0, 0.1) is 6.92 Å². The largest absolute Gasteiger partial charge is 0.450 e. The summed E-state index contributed by atoms with van der Waals surface area (Å²) in [6.45, 7) is 3.55. The van der Waals surface area contributed by atoms with E-state index in [1.807, 2.05) is 43.3 Å². The highest BCUT2D eigenvalue weighted by Gasteiger charge is 2.38. The minimum absolute atomic E-state index is 0.309. The van der Waals surface area contributed by atoms with Crippen molar-refractivity contribution in [3.63, 3.8) is 0 Å². The molecule has 1 fully saturated rings. The molecular formula is C19H20ClNO2. The molecule has 1 N–H and O–H groups in total. The third-order valence-electron chi connectivity index (χ3n) is 4.42. The molecule has 120 valence electrons. The summed E-state index contributed by atoms with van der Waals surface area (Å²) in [6, 6.07) is 15.3. The van der Waals surface area contributed by atoms with Crippen molar-refractivity contribution in [2.24, 2.45) is 0 Å². The van der Waals surface area contributed by atoms with Gasteiger partial charge in [-0.1, -0.05) is 48.0 Å². The molecule has 1 heterocycles. The number of halogens is 1. The van der Waals surface area contributed by atoms with E-state index in [0.29, 0.717) is 10.6 Å². The summed E-state index contributed by atoms with van der Waals surface area (Å²) < 4.78 is 6.05. The Labute approximate surface area is 141 Å². The number of piperidine rings is 1. The van der Waals surface area contributed by atoms with E-state index in [0.717, 1.165) is 37.1 Å². The summed E-state index contributed by atoms with van der Waals surface area (Å²) >= 11 is 6.04. The SMILES string of the molecule is Cc1ccc(Cl)cc1C(=O)OC1(c2ccccc2)CCNCC1. The lowest BCUT2D eigenvalue weighted by molar-refractivity contribution is -0.0379. The Morgan fingerprint density at radius 1 is 1.13 bits per heavy atom. The van der Waals surface area contributed by atoms with E-state index < -0.39 is 5.60 Å². The fourth-order valence-electron chi connectivity index (χ4n) is 3.07. The van der Waals surface area contributed by atoms with Crippen LogP contribution < -0.4 is 5.32 Å². The molecule has 2 aromatic carbocycles. The Bertz CT molecular complexity index is 694. The summed E-state index contributed by atoms with van der Waals surface area (Å²) in [5.41, 5.74) is 1.88. The molecule has 0 aromatic heterocycles. The van der Waals surface area contributed by atoms with Crippen molar-refractivity contribution in [1.82, 2.24) is 5.32 Å². The van der Waals surface area contributed by atoms with E-state index in [9.17, 15) is 4.79 Å². The van der Waals surface area contributed by atoms with Crippen molar-refractivity contribution in [1.29, 1.82) is 0 Å². The van der Waals surface area contributed by atoms with Gasteiger partial charge in [-0.2, -0.15) is 0 Å². The lowest BCUT2D eigenvalue weighted by Gasteiger charge is -2.37. The molecule has 3 rings (SSSR count). The number of carbonyl (C=O) groups is 1. The number of hydrogen-bond acceptors (Lipinski definition) is 3. The van der Waals surface area contributed by atoms with Gasteiger partial charge in [-0.3, -0.25) is 0 Å². The molecule has 0 aliphatic carbocycles. The maximum absolute atomic E-state index is 12.8. The van der Waals surface area contributed by atoms with Crippen LogP contribution in [0.2, 0.25) is 5.02 Å². The van der Waals surface area contributed by atoms with Crippen molar-refractivity contribution in [2.75, 3.05) is 13.1 Å². The zero-order valence-corrected chi connectivity index (χ0v) is 13.9. The fourth-order valence-corrected chi connectivity index (χ4v) is 3.24. The number of ether oxygens (including phenoxy) is 1. The van der Waals surface area contributed by atoms with Crippen molar-refractivity contribution < 1.29 is 9.53 Å². The summed E-state index contributed by atoms with van der Waals surface area (Å²) in [6.07, 6.45) is 1.53. The molecule has 3 nitrogen and oxygen atoms in total. The molecule has 0 saturated carbocycles. The zero-order valence-electron chi connectivity index (χ0n) is 13.1. The normalized spacial score (nSPS) is 16.8. The number of benzene rings is 2. The molecule has 4 heteroatoms. The predicted octanol–water partition coefficient (Wildman–Crippen LogP) is 4.08. The van der Waals surface area contributed by atoms with Gasteiger partial charge < -0.3 is 10.1 Å². The van der Waals surface area contributed by atoms with Gasteiger partial charge in [0.1, 0.15) is 5.60 Å². The number of nitrogens with one attached hydrogen (secondary N) is 1. The molecular weight excluding hydrogens is 310 g/mol. The quantitative estimate of drug-likeness (QED) is 0.862. The summed E-state index contributed by atoms with van der Waals surface area (Å²) in [7, 11) is 0. The van der Waals surface area contributed by atoms with Crippen LogP contribution in [0.5, 0.6) is 0 Å². The average Bonchev–Trinajstić information content (AvgIpc) is 2.58. The highest BCUT2D eigenvalue weighted by atomic mass is 35.5. The first-order valence-electron chi connectivity index (χ1n) is 7.86. The minimum Gasteiger partial charge on any atom is -0.450 e. The lowest BCUT2D eigenvalue weighted by atomic mass is 9.84. The molecule has 2 aromatic rings. The molecule has 1 aliphatic rings. The van der Waals surface area contributed by atoms with E-state index in [4.69, 9.17) is 16.3 Å². The van der Waals surface area contributed by atoms with Gasteiger partial charge in [0.05, 0.1) is 5.56 Å². The average molecular weight is 330 g/mol. The van der Waals surface area contributed by atoms with Crippen LogP contribution in [0.1, 0.15) is 34.3 Å². The molecule has 0 unspecified atom stereocenters. The highest BCUT2D eigenvalue weighted by Crippen LogP contribution is 2.36. The number of esters is 1. The topological polar surface area (TPSA) is 38.3 Å². The van der Waals surface area contributed by atoms with Gasteiger partial charge in [-0.15, -0.1) is 0 Å². The highest BCUT2D eigenvalue weighted by molar-refractivity contribution is 6.31. The summed E-state index contributed by atoms with van der Waals surface area (Å²) in [5, 5.41) is 3.87. The molecule has 0 amide bonds. The number of hydrogen-bond donors (Lipinski definition) is 1. The molecule has 0 radical (unpaired) electrons. The van der Waals surface area contributed by atoms with Gasteiger partial charge in [0, 0.05) is 17.9 Å². The number of rotatable bonds is 3. The Morgan fingerprint density at radius 2 is 1.83 bits per heavy atom. The second-order valence-electron chi connectivity index (χ2n) is 5.96. The fraction of sp³-hybridized carbons (Fsp3) is 0.316. The second kappa shape index (κ2) is 6.73. The van der Waals surface area contributed by atoms with Gasteiger partial charge >= 0.3 is 5.97 Å². The third-order valence-corrected chi connectivity index (χ3v) is 4.65. The first-order chi connectivity index (χ1) is 11.1. The second-order valence-corrected chi connectivity index (χ2v) is 6.40. The van der Waals surface area contributed by atoms with E-state index in [-0.39, 0.29) is 5.97 Å². The smallest absolute Gasteiger partial charge is 0.339 e.